The van der Waals surface area contributed by atoms with Gasteiger partial charge in [0.05, 0.1) is 6.07 Å². The molecule has 2 aromatic rings. The molecule has 172 valence electrons. The average Bonchev–Trinajstić information content (AvgIpc) is 3.73. The Morgan fingerprint density at radius 2 is 1.47 bits per heavy atom. The summed E-state index contributed by atoms with van der Waals surface area (Å²) in [5.74, 6) is 0. The van der Waals surface area contributed by atoms with E-state index >= 15 is 8.78 Å². The second kappa shape index (κ2) is 10.6. The largest absolute Gasteiger partial charge is 0.296 e. The molecule has 2 nitrogen and oxygen atoms in total. The molecule has 0 aliphatic heterocycles. The van der Waals surface area contributed by atoms with Gasteiger partial charge in [0.1, 0.15) is 11.3 Å². The monoisotopic (exact) mass is 438 g/mol. The third-order valence-electron chi connectivity index (χ3n) is 6.87. The van der Waals surface area contributed by atoms with Crippen LogP contribution in [0.15, 0.2) is 48.5 Å². The molecule has 4 rings (SSSR count). The highest BCUT2D eigenvalue weighted by atomic mass is 19.1. The van der Waals surface area contributed by atoms with Crippen LogP contribution in [0.5, 0.6) is 0 Å². The standard InChI is InChI=1S/C26H33F2N.C2H3N/c1-3-21(29(4-2)19-20-9-6-5-7-10-20)13-14-22-23(25(27)15-16-25)11-8-12-24(22)26(28)17-18-26;1-2-3/h5-12,21H,3-4,13-19H2,1-2H3;1H3. The normalized spacial score (nSPS) is 18.3. The van der Waals surface area contributed by atoms with Gasteiger partial charge in [0.15, 0.2) is 0 Å². The zero-order chi connectivity index (χ0) is 23.2. The van der Waals surface area contributed by atoms with Crippen molar-refractivity contribution in [1.82, 2.24) is 4.90 Å². The third kappa shape index (κ3) is 5.75. The highest BCUT2D eigenvalue weighted by Crippen LogP contribution is 2.56. The predicted molar refractivity (Wildman–Crippen MR) is 127 cm³/mol. The molecule has 0 N–H and O–H groups in total. The molecule has 32 heavy (non-hydrogen) atoms. The van der Waals surface area contributed by atoms with Gasteiger partial charge >= 0.3 is 0 Å². The summed E-state index contributed by atoms with van der Waals surface area (Å²) in [6, 6.07) is 18.4. The predicted octanol–water partition coefficient (Wildman–Crippen LogP) is 7.37. The summed E-state index contributed by atoms with van der Waals surface area (Å²) in [5.41, 5.74) is 1.37. The van der Waals surface area contributed by atoms with Crippen LogP contribution < -0.4 is 0 Å². The lowest BCUT2D eigenvalue weighted by Crippen LogP contribution is -2.35. The van der Waals surface area contributed by atoms with Crippen molar-refractivity contribution in [2.45, 2.75) is 89.6 Å². The Kier molecular flexibility index (Phi) is 8.06. The van der Waals surface area contributed by atoms with Gasteiger partial charge in [-0.15, -0.1) is 0 Å². The number of rotatable bonds is 10. The summed E-state index contributed by atoms with van der Waals surface area (Å²) >= 11 is 0. The first-order valence-corrected chi connectivity index (χ1v) is 12.0. The summed E-state index contributed by atoms with van der Waals surface area (Å²) in [5, 5.41) is 7.32. The molecule has 2 aliphatic carbocycles. The topological polar surface area (TPSA) is 27.0 Å². The van der Waals surface area contributed by atoms with Crippen LogP contribution in [-0.2, 0) is 24.3 Å². The third-order valence-corrected chi connectivity index (χ3v) is 6.87. The highest BCUT2D eigenvalue weighted by molar-refractivity contribution is 5.46. The first-order valence-electron chi connectivity index (χ1n) is 12.0. The maximum absolute atomic E-state index is 15.1. The Hall–Kier alpha value is -2.25. The lowest BCUT2D eigenvalue weighted by molar-refractivity contribution is 0.181. The Labute approximate surface area is 192 Å². The van der Waals surface area contributed by atoms with E-state index in [1.807, 2.05) is 24.3 Å². The molecule has 0 heterocycles. The van der Waals surface area contributed by atoms with Crippen molar-refractivity contribution in [3.63, 3.8) is 0 Å². The molecule has 2 aromatic carbocycles. The van der Waals surface area contributed by atoms with Crippen molar-refractivity contribution in [2.75, 3.05) is 6.54 Å². The molecule has 0 amide bonds. The van der Waals surface area contributed by atoms with Crippen LogP contribution in [0.1, 0.15) is 81.5 Å². The first kappa shape index (κ1) is 24.4. The number of benzene rings is 2. The molecule has 1 atom stereocenters. The Balaban J connectivity index is 0.000000913. The number of hydrogen-bond donors (Lipinski definition) is 0. The van der Waals surface area contributed by atoms with E-state index in [0.29, 0.717) is 31.7 Å². The van der Waals surface area contributed by atoms with Crippen LogP contribution in [0.2, 0.25) is 0 Å². The fraction of sp³-hybridized carbons (Fsp3) is 0.536. The van der Waals surface area contributed by atoms with Gasteiger partial charge in [0, 0.05) is 19.5 Å². The van der Waals surface area contributed by atoms with Gasteiger partial charge in [-0.3, -0.25) is 4.90 Å². The van der Waals surface area contributed by atoms with Gasteiger partial charge in [0.2, 0.25) is 0 Å². The molecular formula is C28H36F2N2. The van der Waals surface area contributed by atoms with E-state index in [-0.39, 0.29) is 0 Å². The van der Waals surface area contributed by atoms with Crippen molar-refractivity contribution in [2.24, 2.45) is 0 Å². The van der Waals surface area contributed by atoms with Gasteiger partial charge in [-0.25, -0.2) is 8.78 Å². The summed E-state index contributed by atoms with van der Waals surface area (Å²) < 4.78 is 30.1. The maximum atomic E-state index is 15.1. The Bertz CT molecular complexity index is 875. The Morgan fingerprint density at radius 3 is 1.91 bits per heavy atom. The van der Waals surface area contributed by atoms with Gasteiger partial charge in [-0.1, -0.05) is 62.4 Å². The van der Waals surface area contributed by atoms with E-state index < -0.39 is 11.3 Å². The van der Waals surface area contributed by atoms with Crippen molar-refractivity contribution >= 4 is 0 Å². The average molecular weight is 439 g/mol. The first-order chi connectivity index (χ1) is 15.4. The second-order valence-corrected chi connectivity index (χ2v) is 9.14. The fourth-order valence-electron chi connectivity index (χ4n) is 4.73. The fourth-order valence-corrected chi connectivity index (χ4v) is 4.73. The van der Waals surface area contributed by atoms with Crippen molar-refractivity contribution in [1.29, 1.82) is 5.26 Å². The minimum atomic E-state index is -1.22. The van der Waals surface area contributed by atoms with E-state index in [1.54, 1.807) is 6.07 Å². The number of halogens is 2. The van der Waals surface area contributed by atoms with Crippen LogP contribution >= 0.6 is 0 Å². The smallest absolute Gasteiger partial charge is 0.136 e. The lowest BCUT2D eigenvalue weighted by Gasteiger charge is -2.31. The SMILES string of the molecule is CC#N.CCC(CCc1c(C2(F)CC2)cccc1C1(F)CC1)N(CC)Cc1ccccc1. The second-order valence-electron chi connectivity index (χ2n) is 9.14. The quantitative estimate of drug-likeness (QED) is 0.387. The zero-order valence-corrected chi connectivity index (χ0v) is 19.7. The molecular weight excluding hydrogens is 402 g/mol. The number of hydrogen-bond acceptors (Lipinski definition) is 2. The molecule has 0 radical (unpaired) electrons. The molecule has 4 heteroatoms. The van der Waals surface area contributed by atoms with Crippen molar-refractivity contribution < 1.29 is 8.78 Å². The van der Waals surface area contributed by atoms with E-state index in [0.717, 1.165) is 49.0 Å². The van der Waals surface area contributed by atoms with E-state index in [2.05, 4.69) is 43.0 Å². The summed E-state index contributed by atoms with van der Waals surface area (Å²) in [6.07, 6.45) is 5.05. The van der Waals surface area contributed by atoms with E-state index in [9.17, 15) is 0 Å². The minimum absolute atomic E-state index is 0.408. The van der Waals surface area contributed by atoms with Crippen LogP contribution in [0.25, 0.3) is 0 Å². The van der Waals surface area contributed by atoms with E-state index in [1.165, 1.54) is 12.5 Å². The highest BCUT2D eigenvalue weighted by Gasteiger charge is 2.50. The zero-order valence-electron chi connectivity index (χ0n) is 19.7. The molecule has 2 saturated carbocycles. The summed E-state index contributed by atoms with van der Waals surface area (Å²) in [4.78, 5) is 2.50. The van der Waals surface area contributed by atoms with Gasteiger partial charge < -0.3 is 0 Å². The molecule has 0 saturated heterocycles. The summed E-state index contributed by atoms with van der Waals surface area (Å²) in [6.45, 7) is 7.75. The van der Waals surface area contributed by atoms with Crippen LogP contribution in [-0.4, -0.2) is 17.5 Å². The molecule has 2 fully saturated rings. The van der Waals surface area contributed by atoms with Crippen LogP contribution in [0.4, 0.5) is 8.78 Å². The number of alkyl halides is 2. The van der Waals surface area contributed by atoms with Crippen LogP contribution in [0.3, 0.4) is 0 Å². The van der Waals surface area contributed by atoms with Crippen molar-refractivity contribution in [3.8, 4) is 6.07 Å². The van der Waals surface area contributed by atoms with Gasteiger partial charge in [0.25, 0.3) is 0 Å². The van der Waals surface area contributed by atoms with Crippen molar-refractivity contribution in [3.05, 3.63) is 70.8 Å². The van der Waals surface area contributed by atoms with Gasteiger partial charge in [-0.2, -0.15) is 5.26 Å². The molecule has 0 bridgehead atoms. The molecule has 0 spiro atoms. The molecule has 0 aromatic heterocycles. The number of nitrogens with zero attached hydrogens (tertiary/aromatic N) is 2. The summed E-state index contributed by atoms with van der Waals surface area (Å²) in [7, 11) is 0. The van der Waals surface area contributed by atoms with Crippen LogP contribution in [0, 0.1) is 11.3 Å². The molecule has 2 aliphatic rings. The Morgan fingerprint density at radius 1 is 0.938 bits per heavy atom. The van der Waals surface area contributed by atoms with Gasteiger partial charge in [-0.05, 0) is 73.7 Å². The maximum Gasteiger partial charge on any atom is 0.136 e. The number of nitriles is 1. The van der Waals surface area contributed by atoms with E-state index in [4.69, 9.17) is 5.26 Å². The lowest BCUT2D eigenvalue weighted by atomic mass is 9.88. The molecule has 1 unspecified atom stereocenters. The minimum Gasteiger partial charge on any atom is -0.296 e.